The largest absolute Gasteiger partial charge is 0.399 e. The normalized spacial score (nSPS) is 11.7. The summed E-state index contributed by atoms with van der Waals surface area (Å²) in [5.41, 5.74) is 8.07. The van der Waals surface area contributed by atoms with Crippen LogP contribution in [-0.4, -0.2) is 6.54 Å². The number of nitrogens with one attached hydrogen (secondary N) is 1. The van der Waals surface area contributed by atoms with Gasteiger partial charge < -0.3 is 11.1 Å². The lowest BCUT2D eigenvalue weighted by Crippen LogP contribution is -2.26. The Balaban J connectivity index is 2.54. The van der Waals surface area contributed by atoms with Gasteiger partial charge in [-0.1, -0.05) is 36.7 Å². The van der Waals surface area contributed by atoms with E-state index in [1.807, 2.05) is 18.2 Å². The summed E-state index contributed by atoms with van der Waals surface area (Å²) in [6.07, 6.45) is 0. The second kappa shape index (κ2) is 4.99. The molecule has 2 nitrogen and oxygen atoms in total. The quantitative estimate of drug-likeness (QED) is 0.829. The molecule has 0 atom stereocenters. The molecule has 3 N–H and O–H groups in total. The number of benzene rings is 1. The van der Waals surface area contributed by atoms with Gasteiger partial charge in [-0.2, -0.15) is 0 Å². The summed E-state index contributed by atoms with van der Waals surface area (Å²) in [4.78, 5) is 0. The zero-order chi connectivity index (χ0) is 11.5. The number of hydrogen-bond acceptors (Lipinski definition) is 2. The van der Waals surface area contributed by atoms with Crippen molar-refractivity contribution < 1.29 is 0 Å². The van der Waals surface area contributed by atoms with Gasteiger partial charge in [0.2, 0.25) is 0 Å². The van der Waals surface area contributed by atoms with Crippen molar-refractivity contribution in [3.8, 4) is 0 Å². The van der Waals surface area contributed by atoms with Crippen molar-refractivity contribution in [1.29, 1.82) is 0 Å². The molecule has 1 aromatic carbocycles. The first-order valence-electron chi connectivity index (χ1n) is 5.13. The average molecular weight is 271 g/mol. The maximum Gasteiger partial charge on any atom is 0.0318 e. The van der Waals surface area contributed by atoms with Gasteiger partial charge in [0.1, 0.15) is 0 Å². The molecule has 0 fully saturated rings. The van der Waals surface area contributed by atoms with Crippen LogP contribution in [0.25, 0.3) is 0 Å². The van der Waals surface area contributed by atoms with Gasteiger partial charge in [0.25, 0.3) is 0 Å². The Labute approximate surface area is 100 Å². The minimum atomic E-state index is 0.312. The number of halogens is 1. The van der Waals surface area contributed by atoms with E-state index >= 15 is 0 Å². The lowest BCUT2D eigenvalue weighted by Gasteiger charge is -2.19. The van der Waals surface area contributed by atoms with Gasteiger partial charge in [0.05, 0.1) is 0 Å². The van der Waals surface area contributed by atoms with Gasteiger partial charge in [0, 0.05) is 23.2 Å². The van der Waals surface area contributed by atoms with Gasteiger partial charge in [-0.25, -0.2) is 0 Å². The van der Waals surface area contributed by atoms with Gasteiger partial charge in [0.15, 0.2) is 0 Å². The second-order valence-electron chi connectivity index (χ2n) is 5.02. The summed E-state index contributed by atoms with van der Waals surface area (Å²) in [7, 11) is 0. The van der Waals surface area contributed by atoms with Gasteiger partial charge >= 0.3 is 0 Å². The van der Waals surface area contributed by atoms with Crippen molar-refractivity contribution in [2.75, 3.05) is 12.3 Å². The summed E-state index contributed by atoms with van der Waals surface area (Å²) in [6, 6.07) is 5.89. The van der Waals surface area contributed by atoms with E-state index in [4.69, 9.17) is 5.73 Å². The van der Waals surface area contributed by atoms with Crippen LogP contribution in [0.15, 0.2) is 22.7 Å². The van der Waals surface area contributed by atoms with Crippen LogP contribution in [0.1, 0.15) is 26.3 Å². The highest BCUT2D eigenvalue weighted by atomic mass is 79.9. The number of nitrogen functional groups attached to an aromatic ring is 1. The smallest absolute Gasteiger partial charge is 0.0318 e. The fourth-order valence-electron chi connectivity index (χ4n) is 1.30. The molecule has 0 aliphatic heterocycles. The zero-order valence-electron chi connectivity index (χ0n) is 9.60. The summed E-state index contributed by atoms with van der Waals surface area (Å²) in [5.74, 6) is 0. The van der Waals surface area contributed by atoms with E-state index in [2.05, 4.69) is 42.0 Å². The minimum absolute atomic E-state index is 0.312. The van der Waals surface area contributed by atoms with Crippen molar-refractivity contribution in [3.05, 3.63) is 28.2 Å². The Morgan fingerprint density at radius 1 is 1.33 bits per heavy atom. The van der Waals surface area contributed by atoms with E-state index in [-0.39, 0.29) is 0 Å². The van der Waals surface area contributed by atoms with E-state index in [0.29, 0.717) is 5.41 Å². The third kappa shape index (κ3) is 4.67. The fraction of sp³-hybridized carbons (Fsp3) is 0.500. The molecule has 0 saturated carbocycles. The summed E-state index contributed by atoms with van der Waals surface area (Å²) < 4.78 is 1.11. The first-order valence-corrected chi connectivity index (χ1v) is 5.92. The maximum atomic E-state index is 5.74. The van der Waals surface area contributed by atoms with Crippen LogP contribution in [0.5, 0.6) is 0 Å². The number of rotatable bonds is 3. The zero-order valence-corrected chi connectivity index (χ0v) is 11.2. The van der Waals surface area contributed by atoms with Gasteiger partial charge in [-0.05, 0) is 29.2 Å². The van der Waals surface area contributed by atoms with Crippen LogP contribution < -0.4 is 11.1 Å². The predicted molar refractivity (Wildman–Crippen MR) is 69.7 cm³/mol. The molecule has 0 heterocycles. The molecular weight excluding hydrogens is 252 g/mol. The Hall–Kier alpha value is -0.540. The topological polar surface area (TPSA) is 38.0 Å². The second-order valence-corrected chi connectivity index (χ2v) is 5.87. The number of hydrogen-bond donors (Lipinski definition) is 2. The molecule has 15 heavy (non-hydrogen) atoms. The molecule has 0 unspecified atom stereocenters. The van der Waals surface area contributed by atoms with Crippen LogP contribution >= 0.6 is 15.9 Å². The molecular formula is C12H19BrN2. The van der Waals surface area contributed by atoms with E-state index in [0.717, 1.165) is 23.2 Å². The van der Waals surface area contributed by atoms with E-state index in [1.54, 1.807) is 0 Å². The molecule has 84 valence electrons. The van der Waals surface area contributed by atoms with Crippen LogP contribution in [0.4, 0.5) is 5.69 Å². The Kier molecular flexibility index (Phi) is 4.17. The molecule has 0 amide bonds. The monoisotopic (exact) mass is 270 g/mol. The number of anilines is 1. The lowest BCUT2D eigenvalue weighted by atomic mass is 9.97. The van der Waals surface area contributed by atoms with E-state index in [9.17, 15) is 0 Å². The maximum absolute atomic E-state index is 5.74. The third-order valence-electron chi connectivity index (χ3n) is 2.04. The van der Waals surface area contributed by atoms with Crippen LogP contribution in [-0.2, 0) is 6.54 Å². The molecule has 0 bridgehead atoms. The SMILES string of the molecule is CC(C)(C)CNCc1cc(N)ccc1Br. The van der Waals surface area contributed by atoms with Gasteiger partial charge in [-0.15, -0.1) is 0 Å². The Morgan fingerprint density at radius 3 is 2.60 bits per heavy atom. The van der Waals surface area contributed by atoms with Crippen LogP contribution in [0.2, 0.25) is 0 Å². The highest BCUT2D eigenvalue weighted by Gasteiger charge is 2.09. The van der Waals surface area contributed by atoms with Crippen molar-refractivity contribution in [3.63, 3.8) is 0 Å². The lowest BCUT2D eigenvalue weighted by molar-refractivity contribution is 0.379. The summed E-state index contributed by atoms with van der Waals surface area (Å²) in [5, 5.41) is 3.42. The first-order chi connectivity index (χ1) is 6.88. The van der Waals surface area contributed by atoms with E-state index < -0.39 is 0 Å². The molecule has 0 aromatic heterocycles. The van der Waals surface area contributed by atoms with Crippen molar-refractivity contribution in [2.24, 2.45) is 5.41 Å². The molecule has 0 aliphatic carbocycles. The van der Waals surface area contributed by atoms with Gasteiger partial charge in [-0.3, -0.25) is 0 Å². The molecule has 1 aromatic rings. The van der Waals surface area contributed by atoms with E-state index in [1.165, 1.54) is 5.56 Å². The average Bonchev–Trinajstić information content (AvgIpc) is 2.09. The molecule has 3 heteroatoms. The van der Waals surface area contributed by atoms with Crippen LogP contribution in [0.3, 0.4) is 0 Å². The first kappa shape index (κ1) is 12.5. The molecule has 0 aliphatic rings. The highest BCUT2D eigenvalue weighted by Crippen LogP contribution is 2.19. The predicted octanol–water partition coefficient (Wildman–Crippen LogP) is 3.17. The standard InChI is InChI=1S/C12H19BrN2/c1-12(2,3)8-15-7-9-6-10(14)4-5-11(9)13/h4-6,15H,7-8,14H2,1-3H3. The highest BCUT2D eigenvalue weighted by molar-refractivity contribution is 9.10. The van der Waals surface area contributed by atoms with Crippen LogP contribution in [0, 0.1) is 5.41 Å². The van der Waals surface area contributed by atoms with Crippen molar-refractivity contribution in [1.82, 2.24) is 5.32 Å². The Bertz CT molecular complexity index is 329. The molecule has 0 saturated heterocycles. The summed E-state index contributed by atoms with van der Waals surface area (Å²) in [6.45, 7) is 8.49. The van der Waals surface area contributed by atoms with Crippen molar-refractivity contribution in [2.45, 2.75) is 27.3 Å². The Morgan fingerprint density at radius 2 is 2.00 bits per heavy atom. The number of nitrogens with two attached hydrogens (primary N) is 1. The molecule has 0 spiro atoms. The summed E-state index contributed by atoms with van der Waals surface area (Å²) >= 11 is 3.52. The minimum Gasteiger partial charge on any atom is -0.399 e. The fourth-order valence-corrected chi connectivity index (χ4v) is 1.69. The molecule has 1 rings (SSSR count). The molecule has 0 radical (unpaired) electrons. The third-order valence-corrected chi connectivity index (χ3v) is 2.81. The van der Waals surface area contributed by atoms with Crippen molar-refractivity contribution >= 4 is 21.6 Å².